The molecule has 12 nitrogen and oxygen atoms in total. The molecule has 0 aliphatic carbocycles. The lowest BCUT2D eigenvalue weighted by molar-refractivity contribution is -0.135. The Morgan fingerprint density at radius 1 is 0.933 bits per heavy atom. The predicted molar refractivity (Wildman–Crippen MR) is 166 cm³/mol. The van der Waals surface area contributed by atoms with E-state index in [2.05, 4.69) is 10.6 Å². The Hall–Kier alpha value is -4.32. The minimum Gasteiger partial charge on any atom is -0.497 e. The highest BCUT2D eigenvalue weighted by Crippen LogP contribution is 2.33. The topological polar surface area (TPSA) is 136 Å². The molecule has 0 unspecified atom stereocenters. The molecule has 3 heterocycles. The van der Waals surface area contributed by atoms with Crippen LogP contribution in [0.5, 0.6) is 17.2 Å². The molecule has 3 aliphatic rings. The number of carbonyl (C=O) groups is 4. The number of amides is 4. The summed E-state index contributed by atoms with van der Waals surface area (Å²) in [7, 11) is 4.56. The monoisotopic (exact) mass is 624 g/mol. The second kappa shape index (κ2) is 16.7. The minimum absolute atomic E-state index is 0.0204. The first kappa shape index (κ1) is 33.6. The summed E-state index contributed by atoms with van der Waals surface area (Å²) in [5.74, 6) is 0.811. The second-order valence-corrected chi connectivity index (χ2v) is 11.2. The summed E-state index contributed by atoms with van der Waals surface area (Å²) in [6, 6.07) is 11.6. The van der Waals surface area contributed by atoms with E-state index < -0.39 is 12.1 Å². The number of aryl methyl sites for hydroxylation is 1. The summed E-state index contributed by atoms with van der Waals surface area (Å²) in [6.07, 6.45) is 2.56. The van der Waals surface area contributed by atoms with Gasteiger partial charge in [-0.1, -0.05) is 12.1 Å². The average molecular weight is 625 g/mol. The third kappa shape index (κ3) is 9.34. The highest BCUT2D eigenvalue weighted by atomic mass is 16.5. The van der Waals surface area contributed by atoms with Crippen LogP contribution in [0.2, 0.25) is 0 Å². The van der Waals surface area contributed by atoms with Gasteiger partial charge in [-0.2, -0.15) is 0 Å². The van der Waals surface area contributed by atoms with Crippen molar-refractivity contribution in [1.82, 2.24) is 20.4 Å². The number of nitrogens with zero attached hydrogens (tertiary/aromatic N) is 2. The Labute approximate surface area is 264 Å². The molecule has 5 rings (SSSR count). The van der Waals surface area contributed by atoms with E-state index in [-0.39, 0.29) is 36.8 Å². The number of hydrogen-bond donors (Lipinski definition) is 2. The fourth-order valence-electron chi connectivity index (χ4n) is 5.60. The number of ether oxygens (including phenoxy) is 4. The summed E-state index contributed by atoms with van der Waals surface area (Å²) in [6.45, 7) is 2.01. The molecule has 0 saturated carbocycles. The van der Waals surface area contributed by atoms with Gasteiger partial charge in [-0.25, -0.2) is 0 Å². The van der Waals surface area contributed by atoms with Gasteiger partial charge in [0.2, 0.25) is 17.7 Å². The lowest BCUT2D eigenvalue weighted by atomic mass is 10.1. The van der Waals surface area contributed by atoms with Gasteiger partial charge >= 0.3 is 0 Å². The van der Waals surface area contributed by atoms with Gasteiger partial charge in [0.1, 0.15) is 24.5 Å². The lowest BCUT2D eigenvalue weighted by Crippen LogP contribution is -2.46. The molecule has 0 radical (unpaired) electrons. The van der Waals surface area contributed by atoms with Gasteiger partial charge in [-0.3, -0.25) is 19.2 Å². The Morgan fingerprint density at radius 2 is 1.73 bits per heavy atom. The number of hydrogen-bond acceptors (Lipinski definition) is 8. The van der Waals surface area contributed by atoms with Crippen LogP contribution in [0.15, 0.2) is 42.5 Å². The third-order valence-electron chi connectivity index (χ3n) is 8.01. The molecular formula is C33H44N4O8. The number of likely N-dealkylation sites (tertiary alicyclic amines) is 1. The first-order valence-electron chi connectivity index (χ1n) is 15.4. The zero-order valence-electron chi connectivity index (χ0n) is 26.3. The van der Waals surface area contributed by atoms with E-state index >= 15 is 0 Å². The van der Waals surface area contributed by atoms with Crippen molar-refractivity contribution in [3.63, 3.8) is 0 Å². The molecule has 4 amide bonds. The fraction of sp³-hybridized carbons (Fsp3) is 0.515. The average Bonchev–Trinajstić information content (AvgIpc) is 3.48. The van der Waals surface area contributed by atoms with E-state index in [9.17, 15) is 19.2 Å². The number of rotatable bonds is 5. The second-order valence-electron chi connectivity index (χ2n) is 11.2. The highest BCUT2D eigenvalue weighted by Gasteiger charge is 2.41. The van der Waals surface area contributed by atoms with Crippen molar-refractivity contribution in [3.05, 3.63) is 53.6 Å². The number of fused-ring (bicyclic) bond motifs is 15. The van der Waals surface area contributed by atoms with Crippen molar-refractivity contribution in [2.75, 3.05) is 60.7 Å². The van der Waals surface area contributed by atoms with Gasteiger partial charge in [0, 0.05) is 51.7 Å². The summed E-state index contributed by atoms with van der Waals surface area (Å²) >= 11 is 0. The van der Waals surface area contributed by atoms with Crippen molar-refractivity contribution in [2.45, 2.75) is 50.7 Å². The molecule has 2 N–H and O–H groups in total. The zero-order chi connectivity index (χ0) is 32.2. The van der Waals surface area contributed by atoms with E-state index in [4.69, 9.17) is 18.9 Å². The third-order valence-corrected chi connectivity index (χ3v) is 8.01. The zero-order valence-corrected chi connectivity index (χ0v) is 26.3. The van der Waals surface area contributed by atoms with Gasteiger partial charge in [0.15, 0.2) is 11.5 Å². The number of methoxy groups -OCH3 is 3. The van der Waals surface area contributed by atoms with Crippen LogP contribution in [0.4, 0.5) is 0 Å². The first-order chi connectivity index (χ1) is 21.8. The van der Waals surface area contributed by atoms with Crippen LogP contribution in [-0.4, -0.2) is 106 Å². The molecule has 244 valence electrons. The maximum absolute atomic E-state index is 13.7. The van der Waals surface area contributed by atoms with Crippen molar-refractivity contribution in [3.8, 4) is 17.2 Å². The van der Waals surface area contributed by atoms with Crippen molar-refractivity contribution in [2.24, 2.45) is 0 Å². The van der Waals surface area contributed by atoms with Crippen LogP contribution in [0.1, 0.15) is 48.0 Å². The van der Waals surface area contributed by atoms with E-state index in [1.54, 1.807) is 47.2 Å². The van der Waals surface area contributed by atoms with Crippen molar-refractivity contribution >= 4 is 23.6 Å². The van der Waals surface area contributed by atoms with E-state index in [1.807, 2.05) is 12.1 Å². The Morgan fingerprint density at radius 3 is 2.51 bits per heavy atom. The molecule has 45 heavy (non-hydrogen) atoms. The van der Waals surface area contributed by atoms with Gasteiger partial charge in [0.05, 0.1) is 20.8 Å². The lowest BCUT2D eigenvalue weighted by Gasteiger charge is -2.24. The summed E-state index contributed by atoms with van der Waals surface area (Å²) in [5.41, 5.74) is 1.32. The van der Waals surface area contributed by atoms with Crippen LogP contribution < -0.4 is 24.8 Å². The molecule has 2 aromatic carbocycles. The van der Waals surface area contributed by atoms with Gasteiger partial charge in [-0.15, -0.1) is 0 Å². The van der Waals surface area contributed by atoms with Crippen LogP contribution >= 0.6 is 0 Å². The molecule has 3 aliphatic heterocycles. The molecule has 0 spiro atoms. The van der Waals surface area contributed by atoms with Crippen LogP contribution in [0.25, 0.3) is 0 Å². The van der Waals surface area contributed by atoms with Crippen LogP contribution in [0.3, 0.4) is 0 Å². The molecule has 2 aromatic rings. The number of carbonyl (C=O) groups excluding carboxylic acids is 4. The molecular weight excluding hydrogens is 580 g/mol. The van der Waals surface area contributed by atoms with Gasteiger partial charge < -0.3 is 39.4 Å². The smallest absolute Gasteiger partial charge is 0.254 e. The van der Waals surface area contributed by atoms with E-state index in [1.165, 1.54) is 14.2 Å². The Kier molecular flexibility index (Phi) is 12.4. The molecule has 0 aromatic heterocycles. The molecule has 1 fully saturated rings. The normalized spacial score (nSPS) is 20.2. The van der Waals surface area contributed by atoms with Crippen LogP contribution in [-0.2, 0) is 25.5 Å². The summed E-state index contributed by atoms with van der Waals surface area (Å²) < 4.78 is 22.3. The van der Waals surface area contributed by atoms with Gasteiger partial charge in [0.25, 0.3) is 5.91 Å². The largest absolute Gasteiger partial charge is 0.497 e. The van der Waals surface area contributed by atoms with Crippen molar-refractivity contribution in [1.29, 1.82) is 0 Å². The van der Waals surface area contributed by atoms with E-state index in [0.29, 0.717) is 87.5 Å². The first-order valence-corrected chi connectivity index (χ1v) is 15.4. The quantitative estimate of drug-likeness (QED) is 0.517. The summed E-state index contributed by atoms with van der Waals surface area (Å²) in [4.78, 5) is 55.6. The molecule has 4 bridgehead atoms. The maximum Gasteiger partial charge on any atom is 0.254 e. The maximum atomic E-state index is 13.7. The minimum atomic E-state index is -0.741. The molecule has 2 atom stereocenters. The van der Waals surface area contributed by atoms with Gasteiger partial charge in [-0.05, 0) is 61.6 Å². The Bertz CT molecular complexity index is 1340. The molecule has 1 saturated heterocycles. The highest BCUT2D eigenvalue weighted by molar-refractivity contribution is 5.98. The Balaban J connectivity index is 1.55. The number of benzene rings is 2. The standard InChI is InChI=1S/C33H44N4O8/c1-42-22-31(39)36-16-5-4-14-35-32(40)27-20-26(21-37(27)33(41)24-8-6-9-25(19-24)43-2)45-28-12-10-23(18-29(28)44-3)11-13-30(38)34-15-7-17-36/h6,8-10,12,18-19,26-27H,4-5,7,11,13-17,20-22H2,1-3H3,(H,34,38)(H,35,40)/t26-,27-/m0/s1. The SMILES string of the molecule is COCC(=O)N1CCCCNC(=O)[C@@H]2C[C@@H](CN2C(=O)c2cccc(OC)c2)Oc2ccc(cc2OC)CCC(=O)NCCC1. The van der Waals surface area contributed by atoms with E-state index in [0.717, 1.165) is 5.56 Å². The predicted octanol–water partition coefficient (Wildman–Crippen LogP) is 2.19. The fourth-order valence-corrected chi connectivity index (χ4v) is 5.60. The summed E-state index contributed by atoms with van der Waals surface area (Å²) in [5, 5.41) is 5.92. The molecule has 12 heteroatoms. The van der Waals surface area contributed by atoms with Crippen molar-refractivity contribution < 1.29 is 38.1 Å². The number of nitrogens with one attached hydrogen (secondary N) is 2. The van der Waals surface area contributed by atoms with Crippen LogP contribution in [0, 0.1) is 0 Å².